The van der Waals surface area contributed by atoms with E-state index in [1.54, 1.807) is 37.2 Å². The number of aromatic nitrogens is 2. The highest BCUT2D eigenvalue weighted by Gasteiger charge is 2.10. The number of carbonyl (C=O) groups is 1. The van der Waals surface area contributed by atoms with Crippen molar-refractivity contribution in [2.75, 3.05) is 7.11 Å². The molecule has 0 aliphatic carbocycles. The van der Waals surface area contributed by atoms with E-state index in [1.165, 1.54) is 0 Å². The van der Waals surface area contributed by atoms with Crippen molar-refractivity contribution < 1.29 is 14.3 Å². The minimum Gasteiger partial charge on any atom is -0.493 e. The topological polar surface area (TPSA) is 53.4 Å². The van der Waals surface area contributed by atoms with Crippen LogP contribution in [-0.4, -0.2) is 22.7 Å². The first-order valence-electron chi connectivity index (χ1n) is 8.64. The van der Waals surface area contributed by atoms with Crippen LogP contribution in [0, 0.1) is 6.92 Å². The van der Waals surface area contributed by atoms with E-state index in [-0.39, 0.29) is 5.78 Å². The van der Waals surface area contributed by atoms with Gasteiger partial charge in [0.15, 0.2) is 17.3 Å². The fourth-order valence-electron chi connectivity index (χ4n) is 2.75. The van der Waals surface area contributed by atoms with Crippen molar-refractivity contribution in [3.8, 4) is 11.5 Å². The molecular formula is C22H22N2O3. The summed E-state index contributed by atoms with van der Waals surface area (Å²) in [5, 5.41) is 4.20. The van der Waals surface area contributed by atoms with Gasteiger partial charge >= 0.3 is 0 Å². The molecule has 0 amide bonds. The van der Waals surface area contributed by atoms with E-state index in [4.69, 9.17) is 9.47 Å². The lowest BCUT2D eigenvalue weighted by atomic mass is 10.1. The SMILES string of the molecule is COc1cc(/C=C/C(=O)c2cn(C)nc2C)ccc1OCc1ccccc1. The quantitative estimate of drug-likeness (QED) is 0.467. The maximum atomic E-state index is 12.3. The predicted molar refractivity (Wildman–Crippen MR) is 105 cm³/mol. The van der Waals surface area contributed by atoms with Gasteiger partial charge in [-0.25, -0.2) is 0 Å². The minimum atomic E-state index is -0.0797. The molecule has 1 heterocycles. The molecule has 0 spiro atoms. The molecule has 0 atom stereocenters. The van der Waals surface area contributed by atoms with Gasteiger partial charge in [0.1, 0.15) is 6.61 Å². The molecule has 0 fully saturated rings. The summed E-state index contributed by atoms with van der Waals surface area (Å²) in [5.41, 5.74) is 3.26. The number of allylic oxidation sites excluding steroid dienone is 1. The second-order valence-corrected chi connectivity index (χ2v) is 6.18. The van der Waals surface area contributed by atoms with Gasteiger partial charge in [-0.2, -0.15) is 5.10 Å². The Bertz CT molecular complexity index is 959. The molecule has 0 bridgehead atoms. The first-order valence-corrected chi connectivity index (χ1v) is 8.64. The van der Waals surface area contributed by atoms with Crippen LogP contribution in [0.15, 0.2) is 60.8 Å². The van der Waals surface area contributed by atoms with Crippen molar-refractivity contribution in [3.05, 3.63) is 83.2 Å². The minimum absolute atomic E-state index is 0.0797. The number of hydrogen-bond donors (Lipinski definition) is 0. The molecule has 27 heavy (non-hydrogen) atoms. The number of ketones is 1. The summed E-state index contributed by atoms with van der Waals surface area (Å²) < 4.78 is 12.9. The van der Waals surface area contributed by atoms with Gasteiger partial charge in [0.25, 0.3) is 0 Å². The third-order valence-electron chi connectivity index (χ3n) is 4.13. The molecule has 0 N–H and O–H groups in total. The van der Waals surface area contributed by atoms with Crippen molar-refractivity contribution >= 4 is 11.9 Å². The number of carbonyl (C=O) groups excluding carboxylic acids is 1. The summed E-state index contributed by atoms with van der Waals surface area (Å²) in [6.45, 7) is 2.29. The van der Waals surface area contributed by atoms with Gasteiger partial charge in [0, 0.05) is 13.2 Å². The predicted octanol–water partition coefficient (Wildman–Crippen LogP) is 4.21. The van der Waals surface area contributed by atoms with E-state index < -0.39 is 0 Å². The van der Waals surface area contributed by atoms with Crippen LogP contribution < -0.4 is 9.47 Å². The Balaban J connectivity index is 1.71. The molecule has 3 aromatic rings. The lowest BCUT2D eigenvalue weighted by Crippen LogP contribution is -1.98. The van der Waals surface area contributed by atoms with Gasteiger partial charge in [0.05, 0.1) is 18.4 Å². The summed E-state index contributed by atoms with van der Waals surface area (Å²) in [6.07, 6.45) is 5.03. The highest BCUT2D eigenvalue weighted by atomic mass is 16.5. The van der Waals surface area contributed by atoms with E-state index >= 15 is 0 Å². The third-order valence-corrected chi connectivity index (χ3v) is 4.13. The third kappa shape index (κ3) is 4.64. The van der Waals surface area contributed by atoms with Gasteiger partial charge in [0.2, 0.25) is 0 Å². The summed E-state index contributed by atoms with van der Waals surface area (Å²) >= 11 is 0. The molecule has 138 valence electrons. The molecule has 5 heteroatoms. The van der Waals surface area contributed by atoms with Crippen LogP contribution in [0.3, 0.4) is 0 Å². The molecule has 2 aromatic carbocycles. The Labute approximate surface area is 158 Å². The first-order chi connectivity index (χ1) is 13.1. The largest absolute Gasteiger partial charge is 0.493 e. The Kier molecular flexibility index (Phi) is 5.71. The number of rotatable bonds is 7. The smallest absolute Gasteiger partial charge is 0.189 e. The summed E-state index contributed by atoms with van der Waals surface area (Å²) in [4.78, 5) is 12.3. The average molecular weight is 362 g/mol. The first kappa shape index (κ1) is 18.5. The normalized spacial score (nSPS) is 10.9. The highest BCUT2D eigenvalue weighted by molar-refractivity contribution is 6.07. The molecule has 0 saturated carbocycles. The van der Waals surface area contributed by atoms with Crippen LogP contribution in [0.25, 0.3) is 6.08 Å². The second-order valence-electron chi connectivity index (χ2n) is 6.18. The summed E-state index contributed by atoms with van der Waals surface area (Å²) in [5.74, 6) is 1.20. The van der Waals surface area contributed by atoms with Gasteiger partial charge in [-0.1, -0.05) is 42.5 Å². The lowest BCUT2D eigenvalue weighted by Gasteiger charge is -2.11. The van der Waals surface area contributed by atoms with Crippen molar-refractivity contribution in [2.45, 2.75) is 13.5 Å². The Morgan fingerprint density at radius 3 is 2.59 bits per heavy atom. The molecule has 0 saturated heterocycles. The van der Waals surface area contributed by atoms with Crippen LogP contribution in [0.5, 0.6) is 11.5 Å². The van der Waals surface area contributed by atoms with Crippen LogP contribution in [-0.2, 0) is 13.7 Å². The zero-order chi connectivity index (χ0) is 19.2. The fraction of sp³-hybridized carbons (Fsp3) is 0.182. The monoisotopic (exact) mass is 362 g/mol. The van der Waals surface area contributed by atoms with Crippen LogP contribution in [0.2, 0.25) is 0 Å². The number of nitrogens with zero attached hydrogens (tertiary/aromatic N) is 2. The van der Waals surface area contributed by atoms with Crippen LogP contribution >= 0.6 is 0 Å². The fourth-order valence-corrected chi connectivity index (χ4v) is 2.75. The molecule has 0 aliphatic heterocycles. The highest BCUT2D eigenvalue weighted by Crippen LogP contribution is 2.29. The standard InChI is InChI=1S/C22H22N2O3/c1-16-19(14-24(2)23-16)20(25)11-9-17-10-12-21(22(13-17)26-3)27-15-18-7-5-4-6-8-18/h4-14H,15H2,1-3H3/b11-9+. The molecule has 0 aliphatic rings. The Morgan fingerprint density at radius 1 is 1.15 bits per heavy atom. The van der Waals surface area contributed by atoms with E-state index in [2.05, 4.69) is 5.10 Å². The Morgan fingerprint density at radius 2 is 1.93 bits per heavy atom. The molecule has 0 unspecified atom stereocenters. The lowest BCUT2D eigenvalue weighted by molar-refractivity contribution is 0.104. The molecule has 3 rings (SSSR count). The van der Waals surface area contributed by atoms with Crippen molar-refractivity contribution in [2.24, 2.45) is 7.05 Å². The molecular weight excluding hydrogens is 340 g/mol. The van der Waals surface area contributed by atoms with Crippen molar-refractivity contribution in [3.63, 3.8) is 0 Å². The Hall–Kier alpha value is -3.34. The molecule has 0 radical (unpaired) electrons. The second kappa shape index (κ2) is 8.36. The van der Waals surface area contributed by atoms with Crippen LogP contribution in [0.1, 0.15) is 27.2 Å². The number of ether oxygens (including phenoxy) is 2. The van der Waals surface area contributed by atoms with Gasteiger partial charge in [-0.3, -0.25) is 9.48 Å². The van der Waals surface area contributed by atoms with E-state index in [0.717, 1.165) is 16.8 Å². The number of hydrogen-bond acceptors (Lipinski definition) is 4. The zero-order valence-corrected chi connectivity index (χ0v) is 15.7. The number of benzene rings is 2. The number of aryl methyl sites for hydroxylation is 2. The van der Waals surface area contributed by atoms with Crippen molar-refractivity contribution in [1.82, 2.24) is 9.78 Å². The summed E-state index contributed by atoms with van der Waals surface area (Å²) in [6, 6.07) is 15.5. The van der Waals surface area contributed by atoms with E-state index in [1.807, 2.05) is 55.5 Å². The zero-order valence-electron chi connectivity index (χ0n) is 15.7. The van der Waals surface area contributed by atoms with Crippen molar-refractivity contribution in [1.29, 1.82) is 0 Å². The van der Waals surface area contributed by atoms with Gasteiger partial charge < -0.3 is 9.47 Å². The average Bonchev–Trinajstić information content (AvgIpc) is 3.03. The number of methoxy groups -OCH3 is 1. The summed E-state index contributed by atoms with van der Waals surface area (Å²) in [7, 11) is 3.40. The maximum Gasteiger partial charge on any atom is 0.189 e. The van der Waals surface area contributed by atoms with Crippen LogP contribution in [0.4, 0.5) is 0 Å². The van der Waals surface area contributed by atoms with Gasteiger partial charge in [-0.05, 0) is 36.3 Å². The molecule has 5 nitrogen and oxygen atoms in total. The van der Waals surface area contributed by atoms with Gasteiger partial charge in [-0.15, -0.1) is 0 Å². The van der Waals surface area contributed by atoms with E-state index in [9.17, 15) is 4.79 Å². The molecule has 1 aromatic heterocycles. The maximum absolute atomic E-state index is 12.3. The van der Waals surface area contributed by atoms with E-state index in [0.29, 0.717) is 23.7 Å².